The first kappa shape index (κ1) is 37.5. The van der Waals surface area contributed by atoms with Crippen molar-refractivity contribution in [3.05, 3.63) is 95.1 Å². The van der Waals surface area contributed by atoms with Crippen LogP contribution in [-0.4, -0.2) is 78.4 Å². The van der Waals surface area contributed by atoms with Crippen molar-refractivity contribution in [1.29, 1.82) is 0 Å². The first-order valence-electron chi connectivity index (χ1n) is 17.2. The molecule has 2 heterocycles. The van der Waals surface area contributed by atoms with E-state index in [9.17, 15) is 27.6 Å². The quantitative estimate of drug-likeness (QED) is 0.286. The minimum absolute atomic E-state index is 0.0715. The molecular weight excluding hydrogens is 673 g/mol. The fourth-order valence-corrected chi connectivity index (χ4v) is 7.95. The zero-order chi connectivity index (χ0) is 36.9. The molecule has 272 valence electrons. The van der Waals surface area contributed by atoms with Gasteiger partial charge in [0.25, 0.3) is 0 Å². The monoisotopic (exact) mass is 718 g/mol. The van der Waals surface area contributed by atoms with Crippen molar-refractivity contribution < 1.29 is 37.1 Å². The SMILES string of the molecule is CCOC(=O)[C@H](Cc1ccc(NC(=O)[C@@H]2Cc3ccccc3CN2C(=O)OC(C)(C)C)cc1)NC(=O)[C@@H]1CCCN1S(=O)(=O)c1ccc(C)cc1. The van der Waals surface area contributed by atoms with Crippen molar-refractivity contribution in [3.8, 4) is 0 Å². The lowest BCUT2D eigenvalue weighted by Crippen LogP contribution is -2.52. The van der Waals surface area contributed by atoms with Crippen molar-refractivity contribution >= 4 is 39.6 Å². The number of nitrogens with zero attached hydrogens (tertiary/aromatic N) is 2. The molecule has 0 saturated carbocycles. The highest BCUT2D eigenvalue weighted by Gasteiger charge is 2.41. The number of carbonyl (C=O) groups excluding carboxylic acids is 4. The lowest BCUT2D eigenvalue weighted by molar-refractivity contribution is -0.147. The number of hydrogen-bond donors (Lipinski definition) is 2. The maximum Gasteiger partial charge on any atom is 0.411 e. The van der Waals surface area contributed by atoms with Gasteiger partial charge in [-0.2, -0.15) is 4.31 Å². The van der Waals surface area contributed by atoms with E-state index in [2.05, 4.69) is 10.6 Å². The van der Waals surface area contributed by atoms with Gasteiger partial charge in [0.2, 0.25) is 21.8 Å². The number of fused-ring (bicyclic) bond motifs is 1. The average molecular weight is 719 g/mol. The number of sulfonamides is 1. The van der Waals surface area contributed by atoms with Crippen LogP contribution in [0.5, 0.6) is 0 Å². The van der Waals surface area contributed by atoms with Crippen LogP contribution < -0.4 is 10.6 Å². The molecule has 1 saturated heterocycles. The molecule has 0 aliphatic carbocycles. The molecule has 0 spiro atoms. The number of rotatable bonds is 10. The molecule has 0 aromatic heterocycles. The largest absolute Gasteiger partial charge is 0.464 e. The number of carbonyl (C=O) groups is 4. The summed E-state index contributed by atoms with van der Waals surface area (Å²) in [7, 11) is -3.94. The summed E-state index contributed by atoms with van der Waals surface area (Å²) in [5.41, 5.74) is 3.26. The van der Waals surface area contributed by atoms with Crippen LogP contribution in [0.2, 0.25) is 0 Å². The molecule has 5 rings (SSSR count). The number of amides is 3. The number of aryl methyl sites for hydroxylation is 1. The first-order valence-corrected chi connectivity index (χ1v) is 18.6. The Labute approximate surface area is 299 Å². The third-order valence-corrected chi connectivity index (χ3v) is 10.8. The summed E-state index contributed by atoms with van der Waals surface area (Å²) in [6.45, 7) is 9.37. The molecule has 2 aliphatic rings. The third kappa shape index (κ3) is 9.14. The van der Waals surface area contributed by atoms with E-state index < -0.39 is 51.7 Å². The van der Waals surface area contributed by atoms with Crippen LogP contribution in [0.4, 0.5) is 10.5 Å². The number of hydrogen-bond acceptors (Lipinski definition) is 8. The van der Waals surface area contributed by atoms with Crippen LogP contribution in [-0.2, 0) is 53.3 Å². The van der Waals surface area contributed by atoms with E-state index in [1.54, 1.807) is 64.1 Å². The fraction of sp³-hybridized carbons (Fsp3) is 0.421. The number of nitrogens with one attached hydrogen (secondary N) is 2. The second kappa shape index (κ2) is 15.6. The van der Waals surface area contributed by atoms with Crippen molar-refractivity contribution in [3.63, 3.8) is 0 Å². The molecule has 12 nitrogen and oxygen atoms in total. The lowest BCUT2D eigenvalue weighted by atomic mass is 9.93. The number of anilines is 1. The maximum absolute atomic E-state index is 13.6. The van der Waals surface area contributed by atoms with Gasteiger partial charge in [0.15, 0.2) is 0 Å². The lowest BCUT2D eigenvalue weighted by Gasteiger charge is -2.36. The average Bonchev–Trinajstić information content (AvgIpc) is 3.59. The normalized spacial score (nSPS) is 18.3. The Morgan fingerprint density at radius 3 is 2.22 bits per heavy atom. The summed E-state index contributed by atoms with van der Waals surface area (Å²) in [6, 6.07) is 18.1. The molecule has 3 aromatic carbocycles. The second-order valence-electron chi connectivity index (χ2n) is 13.9. The van der Waals surface area contributed by atoms with Crippen LogP contribution in [0, 0.1) is 6.92 Å². The Morgan fingerprint density at radius 2 is 1.57 bits per heavy atom. The molecule has 3 aromatic rings. The number of ether oxygens (including phenoxy) is 2. The topological polar surface area (TPSA) is 151 Å². The number of benzene rings is 3. The van der Waals surface area contributed by atoms with Gasteiger partial charge in [0.05, 0.1) is 18.0 Å². The fourth-order valence-electron chi connectivity index (χ4n) is 6.29. The van der Waals surface area contributed by atoms with Crippen LogP contribution in [0.1, 0.15) is 62.8 Å². The second-order valence-corrected chi connectivity index (χ2v) is 15.8. The van der Waals surface area contributed by atoms with Crippen molar-refractivity contribution in [1.82, 2.24) is 14.5 Å². The Balaban J connectivity index is 1.27. The summed E-state index contributed by atoms with van der Waals surface area (Å²) >= 11 is 0. The molecule has 0 bridgehead atoms. The van der Waals surface area contributed by atoms with Gasteiger partial charge in [-0.1, -0.05) is 54.1 Å². The van der Waals surface area contributed by atoms with E-state index in [1.807, 2.05) is 31.2 Å². The van der Waals surface area contributed by atoms with Gasteiger partial charge in [-0.25, -0.2) is 18.0 Å². The molecule has 3 amide bonds. The Morgan fingerprint density at radius 1 is 0.902 bits per heavy atom. The minimum atomic E-state index is -3.94. The van der Waals surface area contributed by atoms with E-state index in [4.69, 9.17) is 9.47 Å². The highest BCUT2D eigenvalue weighted by atomic mass is 32.2. The maximum atomic E-state index is 13.6. The standard InChI is InChI=1S/C38H46N4O8S/c1-6-49-36(45)31(40-34(43)32-12-9-21-42(32)51(47,48)30-19-13-25(2)14-20-30)22-26-15-17-29(18-16-26)39-35(44)33-23-27-10-7-8-11-28(27)24-41(33)37(46)50-38(3,4)5/h7-8,10-11,13-20,31-33H,6,9,12,21-24H2,1-5H3,(H,39,44)(H,40,43)/t31-,32-,33-/m0/s1. The summed E-state index contributed by atoms with van der Waals surface area (Å²) in [6.07, 6.45) is 0.642. The summed E-state index contributed by atoms with van der Waals surface area (Å²) in [4.78, 5) is 54.9. The van der Waals surface area contributed by atoms with Crippen molar-refractivity contribution in [2.24, 2.45) is 0 Å². The zero-order valence-electron chi connectivity index (χ0n) is 29.7. The minimum Gasteiger partial charge on any atom is -0.464 e. The highest BCUT2D eigenvalue weighted by Crippen LogP contribution is 2.28. The number of esters is 1. The summed E-state index contributed by atoms with van der Waals surface area (Å²) in [5, 5.41) is 5.65. The smallest absolute Gasteiger partial charge is 0.411 e. The first-order chi connectivity index (χ1) is 24.2. The predicted molar refractivity (Wildman–Crippen MR) is 191 cm³/mol. The highest BCUT2D eigenvalue weighted by molar-refractivity contribution is 7.89. The molecule has 2 aliphatic heterocycles. The van der Waals surface area contributed by atoms with Gasteiger partial charge < -0.3 is 20.1 Å². The predicted octanol–water partition coefficient (Wildman–Crippen LogP) is 4.74. The van der Waals surface area contributed by atoms with E-state index in [1.165, 1.54) is 21.3 Å². The molecule has 0 unspecified atom stereocenters. The van der Waals surface area contributed by atoms with Crippen LogP contribution in [0.25, 0.3) is 0 Å². The zero-order valence-corrected chi connectivity index (χ0v) is 30.5. The molecule has 13 heteroatoms. The Bertz CT molecular complexity index is 1860. The summed E-state index contributed by atoms with van der Waals surface area (Å²) in [5.74, 6) is -1.59. The molecular formula is C38H46N4O8S. The van der Waals surface area contributed by atoms with Gasteiger partial charge in [0.1, 0.15) is 23.7 Å². The molecule has 51 heavy (non-hydrogen) atoms. The Kier molecular flexibility index (Phi) is 11.5. The van der Waals surface area contributed by atoms with Crippen LogP contribution in [0.3, 0.4) is 0 Å². The van der Waals surface area contributed by atoms with Gasteiger partial charge >= 0.3 is 12.1 Å². The Hall–Kier alpha value is -4.75. The van der Waals surface area contributed by atoms with Crippen molar-refractivity contribution in [2.75, 3.05) is 18.5 Å². The van der Waals surface area contributed by atoms with Gasteiger partial charge in [-0.15, -0.1) is 0 Å². The van der Waals surface area contributed by atoms with E-state index >= 15 is 0 Å². The van der Waals surface area contributed by atoms with Gasteiger partial charge in [-0.05, 0) is 88.4 Å². The molecule has 0 radical (unpaired) electrons. The third-order valence-electron chi connectivity index (χ3n) is 8.86. The molecule has 2 N–H and O–H groups in total. The van der Waals surface area contributed by atoms with E-state index in [0.717, 1.165) is 16.7 Å². The molecule has 1 fully saturated rings. The molecule has 3 atom stereocenters. The van der Waals surface area contributed by atoms with Gasteiger partial charge in [0, 0.05) is 25.1 Å². The van der Waals surface area contributed by atoms with Crippen LogP contribution in [0.15, 0.2) is 77.7 Å². The van der Waals surface area contributed by atoms with E-state index in [-0.39, 0.29) is 36.9 Å². The van der Waals surface area contributed by atoms with Gasteiger partial charge in [-0.3, -0.25) is 14.5 Å². The van der Waals surface area contributed by atoms with Crippen LogP contribution >= 0.6 is 0 Å². The summed E-state index contributed by atoms with van der Waals surface area (Å²) < 4.78 is 39.0. The van der Waals surface area contributed by atoms with Crippen molar-refractivity contribution in [2.45, 2.75) is 95.5 Å². The van der Waals surface area contributed by atoms with E-state index in [0.29, 0.717) is 30.5 Å².